The lowest BCUT2D eigenvalue weighted by atomic mass is 10.1. The van der Waals surface area contributed by atoms with Gasteiger partial charge in [-0.2, -0.15) is 10.2 Å². The summed E-state index contributed by atoms with van der Waals surface area (Å²) in [6, 6.07) is 11.7. The standard InChI is InChI=1S/C14H9BrN4O/c15-11-3-1-9(2-4-11)6-13-18-14(20-19-13)12-5-10(7-16)8-17-12/h1-5,8,17H,6H2. The molecule has 0 saturated heterocycles. The number of nitrogens with zero attached hydrogens (tertiary/aromatic N) is 3. The second kappa shape index (κ2) is 5.31. The Hall–Kier alpha value is -2.39. The third-order valence-electron chi connectivity index (χ3n) is 2.79. The molecule has 2 aromatic heterocycles. The van der Waals surface area contributed by atoms with Gasteiger partial charge in [-0.1, -0.05) is 33.2 Å². The minimum atomic E-state index is 0.388. The maximum atomic E-state index is 8.78. The molecule has 0 amide bonds. The van der Waals surface area contributed by atoms with Gasteiger partial charge in [-0.25, -0.2) is 0 Å². The highest BCUT2D eigenvalue weighted by Crippen LogP contribution is 2.18. The van der Waals surface area contributed by atoms with Crippen LogP contribution in [0.2, 0.25) is 0 Å². The maximum absolute atomic E-state index is 8.78. The lowest BCUT2D eigenvalue weighted by molar-refractivity contribution is 0.423. The molecule has 0 aliphatic rings. The van der Waals surface area contributed by atoms with Crippen molar-refractivity contribution < 1.29 is 4.52 Å². The molecule has 0 fully saturated rings. The molecular weight excluding hydrogens is 320 g/mol. The van der Waals surface area contributed by atoms with Crippen molar-refractivity contribution in [3.05, 3.63) is 58.0 Å². The molecule has 0 spiro atoms. The van der Waals surface area contributed by atoms with Gasteiger partial charge < -0.3 is 9.51 Å². The molecule has 0 unspecified atom stereocenters. The molecule has 5 nitrogen and oxygen atoms in total. The summed E-state index contributed by atoms with van der Waals surface area (Å²) >= 11 is 3.39. The van der Waals surface area contributed by atoms with Crippen molar-refractivity contribution in [1.82, 2.24) is 15.1 Å². The fraction of sp³-hybridized carbons (Fsp3) is 0.0714. The van der Waals surface area contributed by atoms with Crippen LogP contribution in [0.1, 0.15) is 17.0 Å². The van der Waals surface area contributed by atoms with Gasteiger partial charge in [-0.05, 0) is 23.8 Å². The first kappa shape index (κ1) is 12.6. The maximum Gasteiger partial charge on any atom is 0.274 e. The van der Waals surface area contributed by atoms with Gasteiger partial charge in [0, 0.05) is 17.1 Å². The van der Waals surface area contributed by atoms with Crippen molar-refractivity contribution in [3.8, 4) is 17.7 Å². The lowest BCUT2D eigenvalue weighted by Crippen LogP contribution is -1.90. The number of hydrogen-bond acceptors (Lipinski definition) is 4. The Labute approximate surface area is 123 Å². The summed E-state index contributed by atoms with van der Waals surface area (Å²) in [6.45, 7) is 0. The second-order valence-corrected chi connectivity index (χ2v) is 5.15. The molecule has 0 radical (unpaired) electrons. The first-order valence-corrected chi connectivity index (χ1v) is 6.70. The van der Waals surface area contributed by atoms with Crippen LogP contribution in [0.4, 0.5) is 0 Å². The average molecular weight is 329 g/mol. The molecule has 0 aliphatic heterocycles. The van der Waals surface area contributed by atoms with E-state index in [2.05, 4.69) is 31.1 Å². The van der Waals surface area contributed by atoms with E-state index in [9.17, 15) is 0 Å². The zero-order valence-corrected chi connectivity index (χ0v) is 11.9. The number of nitriles is 1. The van der Waals surface area contributed by atoms with Crippen LogP contribution in [0.5, 0.6) is 0 Å². The van der Waals surface area contributed by atoms with Gasteiger partial charge in [0.2, 0.25) is 0 Å². The summed E-state index contributed by atoms with van der Waals surface area (Å²) < 4.78 is 6.23. The van der Waals surface area contributed by atoms with Crippen LogP contribution in [0.15, 0.2) is 45.5 Å². The fourth-order valence-corrected chi connectivity index (χ4v) is 2.07. The van der Waals surface area contributed by atoms with Crippen LogP contribution >= 0.6 is 15.9 Å². The summed E-state index contributed by atoms with van der Waals surface area (Å²) in [4.78, 5) is 7.25. The molecule has 1 N–H and O–H groups in total. The number of halogens is 1. The molecule has 0 aliphatic carbocycles. The zero-order valence-electron chi connectivity index (χ0n) is 10.3. The minimum Gasteiger partial charge on any atom is -0.356 e. The normalized spacial score (nSPS) is 10.4. The summed E-state index contributed by atoms with van der Waals surface area (Å²) in [7, 11) is 0. The second-order valence-electron chi connectivity index (χ2n) is 4.23. The molecule has 3 rings (SSSR count). The number of hydrogen-bond donors (Lipinski definition) is 1. The van der Waals surface area contributed by atoms with Crippen LogP contribution in [0.25, 0.3) is 11.6 Å². The molecule has 0 saturated carbocycles. The van der Waals surface area contributed by atoms with Gasteiger partial charge in [-0.3, -0.25) is 0 Å². The fourth-order valence-electron chi connectivity index (χ4n) is 1.80. The highest BCUT2D eigenvalue weighted by Gasteiger charge is 2.11. The number of benzene rings is 1. The molecule has 3 aromatic rings. The van der Waals surface area contributed by atoms with Gasteiger partial charge in [0.1, 0.15) is 11.8 Å². The SMILES string of the molecule is N#Cc1c[nH]c(-c2nc(Cc3ccc(Br)cc3)no2)c1. The number of nitrogens with one attached hydrogen (secondary N) is 1. The van der Waals surface area contributed by atoms with Gasteiger partial charge in [0.15, 0.2) is 5.82 Å². The van der Waals surface area contributed by atoms with E-state index in [1.54, 1.807) is 12.3 Å². The van der Waals surface area contributed by atoms with E-state index in [1.165, 1.54) is 0 Å². The Morgan fingerprint density at radius 3 is 2.80 bits per heavy atom. The van der Waals surface area contributed by atoms with Crippen molar-refractivity contribution in [2.75, 3.05) is 0 Å². The van der Waals surface area contributed by atoms with E-state index in [1.807, 2.05) is 30.3 Å². The lowest BCUT2D eigenvalue weighted by Gasteiger charge is -1.96. The summed E-state index contributed by atoms with van der Waals surface area (Å²) in [5, 5.41) is 12.7. The highest BCUT2D eigenvalue weighted by atomic mass is 79.9. The Balaban J connectivity index is 1.80. The van der Waals surface area contributed by atoms with Crippen LogP contribution in [-0.2, 0) is 6.42 Å². The third kappa shape index (κ3) is 2.63. The summed E-state index contributed by atoms with van der Waals surface area (Å²) in [5.41, 5.74) is 2.29. The van der Waals surface area contributed by atoms with Gasteiger partial charge in [-0.15, -0.1) is 0 Å². The van der Waals surface area contributed by atoms with E-state index >= 15 is 0 Å². The molecule has 2 heterocycles. The van der Waals surface area contributed by atoms with Crippen molar-refractivity contribution in [2.24, 2.45) is 0 Å². The van der Waals surface area contributed by atoms with Crippen LogP contribution in [0.3, 0.4) is 0 Å². The number of rotatable bonds is 3. The van der Waals surface area contributed by atoms with Crippen LogP contribution < -0.4 is 0 Å². The Morgan fingerprint density at radius 1 is 1.30 bits per heavy atom. The smallest absolute Gasteiger partial charge is 0.274 e. The molecule has 6 heteroatoms. The molecule has 0 atom stereocenters. The topological polar surface area (TPSA) is 78.5 Å². The highest BCUT2D eigenvalue weighted by molar-refractivity contribution is 9.10. The monoisotopic (exact) mass is 328 g/mol. The molecule has 0 bridgehead atoms. The number of H-pyrrole nitrogens is 1. The van der Waals surface area contributed by atoms with E-state index in [4.69, 9.17) is 9.78 Å². The van der Waals surface area contributed by atoms with Gasteiger partial charge in [0.25, 0.3) is 5.89 Å². The third-order valence-corrected chi connectivity index (χ3v) is 3.31. The van der Waals surface area contributed by atoms with Crippen molar-refractivity contribution in [3.63, 3.8) is 0 Å². The molecule has 98 valence electrons. The van der Waals surface area contributed by atoms with Crippen molar-refractivity contribution >= 4 is 15.9 Å². The average Bonchev–Trinajstić information content (AvgIpc) is 3.10. The largest absolute Gasteiger partial charge is 0.356 e. The minimum absolute atomic E-state index is 0.388. The van der Waals surface area contributed by atoms with E-state index in [-0.39, 0.29) is 0 Å². The summed E-state index contributed by atoms with van der Waals surface area (Å²) in [6.07, 6.45) is 2.20. The molecule has 1 aromatic carbocycles. The van der Waals surface area contributed by atoms with E-state index in [0.717, 1.165) is 10.0 Å². The van der Waals surface area contributed by atoms with E-state index in [0.29, 0.717) is 29.4 Å². The molecular formula is C14H9BrN4O. The van der Waals surface area contributed by atoms with Crippen LogP contribution in [0, 0.1) is 11.3 Å². The Morgan fingerprint density at radius 2 is 2.10 bits per heavy atom. The van der Waals surface area contributed by atoms with Crippen molar-refractivity contribution in [2.45, 2.75) is 6.42 Å². The first-order chi connectivity index (χ1) is 9.74. The number of aromatic amines is 1. The predicted octanol–water partition coefficient (Wildman–Crippen LogP) is 3.29. The zero-order chi connectivity index (χ0) is 13.9. The Kier molecular flexibility index (Phi) is 3.35. The summed E-state index contributed by atoms with van der Waals surface area (Å²) in [5.74, 6) is 0.994. The van der Waals surface area contributed by atoms with Gasteiger partial charge in [0.05, 0.1) is 5.56 Å². The van der Waals surface area contributed by atoms with Crippen LogP contribution in [-0.4, -0.2) is 15.1 Å². The quantitative estimate of drug-likeness (QED) is 0.800. The number of aromatic nitrogens is 3. The van der Waals surface area contributed by atoms with Gasteiger partial charge >= 0.3 is 0 Å². The first-order valence-electron chi connectivity index (χ1n) is 5.90. The van der Waals surface area contributed by atoms with Crippen molar-refractivity contribution in [1.29, 1.82) is 5.26 Å². The van der Waals surface area contributed by atoms with E-state index < -0.39 is 0 Å². The Bertz CT molecular complexity index is 767. The predicted molar refractivity (Wildman–Crippen MR) is 75.7 cm³/mol. The molecule has 20 heavy (non-hydrogen) atoms.